The maximum atomic E-state index is 13.0. The van der Waals surface area contributed by atoms with Crippen LogP contribution in [0, 0.1) is 0 Å². The molecule has 1 unspecified atom stereocenters. The highest BCUT2D eigenvalue weighted by Gasteiger charge is 2.53. The molecule has 1 aromatic rings. The highest BCUT2D eigenvalue weighted by molar-refractivity contribution is 6.24. The molecule has 1 fully saturated rings. The summed E-state index contributed by atoms with van der Waals surface area (Å²) in [5.74, 6) is 1.15. The second-order valence-electron chi connectivity index (χ2n) is 7.57. The topological polar surface area (TPSA) is 59.2 Å². The van der Waals surface area contributed by atoms with Crippen LogP contribution < -0.4 is 4.90 Å². The lowest BCUT2D eigenvalue weighted by Crippen LogP contribution is -2.63. The van der Waals surface area contributed by atoms with Gasteiger partial charge < -0.3 is 0 Å². The average molecular weight is 382 g/mol. The second-order valence-corrected chi connectivity index (χ2v) is 7.57. The maximum Gasteiger partial charge on any atom is 0.397 e. The fourth-order valence-corrected chi connectivity index (χ4v) is 4.21. The van der Waals surface area contributed by atoms with Crippen LogP contribution in [0.1, 0.15) is 38.7 Å². The van der Waals surface area contributed by atoms with Crippen molar-refractivity contribution in [2.24, 2.45) is 4.99 Å². The minimum atomic E-state index is -0.496. The van der Waals surface area contributed by atoms with Crippen molar-refractivity contribution in [2.45, 2.75) is 45.6 Å². The molecule has 148 valence electrons. The largest absolute Gasteiger partial charge is 0.397 e. The lowest BCUT2D eigenvalue weighted by molar-refractivity contribution is -0.539. The van der Waals surface area contributed by atoms with Gasteiger partial charge in [0, 0.05) is 20.0 Å². The van der Waals surface area contributed by atoms with Gasteiger partial charge in [0.1, 0.15) is 5.69 Å². The molecule has 28 heavy (non-hydrogen) atoms. The fourth-order valence-electron chi connectivity index (χ4n) is 4.21. The monoisotopic (exact) mass is 382 g/mol. The predicted molar refractivity (Wildman–Crippen MR) is 109 cm³/mol. The zero-order chi connectivity index (χ0) is 19.8. The molecular formula is C21H28N5O2+. The number of rotatable bonds is 5. The van der Waals surface area contributed by atoms with Gasteiger partial charge in [0.2, 0.25) is 11.9 Å². The number of amidine groups is 1. The van der Waals surface area contributed by atoms with E-state index in [-0.39, 0.29) is 11.9 Å². The van der Waals surface area contributed by atoms with Crippen LogP contribution in [0.15, 0.2) is 29.3 Å². The highest BCUT2D eigenvalue weighted by Crippen LogP contribution is 2.26. The number of carbonyl (C=O) groups is 2. The third kappa shape index (κ3) is 2.89. The van der Waals surface area contributed by atoms with Gasteiger partial charge in [-0.25, -0.2) is 14.3 Å². The second kappa shape index (κ2) is 7.37. The van der Waals surface area contributed by atoms with Gasteiger partial charge in [-0.15, -0.1) is 0 Å². The van der Waals surface area contributed by atoms with Crippen LogP contribution >= 0.6 is 0 Å². The van der Waals surface area contributed by atoms with Crippen molar-refractivity contribution in [3.63, 3.8) is 0 Å². The van der Waals surface area contributed by atoms with Crippen molar-refractivity contribution in [3.8, 4) is 0 Å². The minimum Gasteiger partial charge on any atom is -0.270 e. The maximum absolute atomic E-state index is 13.0. The molecule has 4 rings (SSSR count). The molecule has 3 aliphatic rings. The molecule has 0 aliphatic carbocycles. The van der Waals surface area contributed by atoms with E-state index in [1.54, 1.807) is 7.05 Å². The fraction of sp³-hybridized carbons (Fsp3) is 0.524. The Bertz CT molecular complexity index is 858. The first-order chi connectivity index (χ1) is 13.6. The third-order valence-electron chi connectivity index (χ3n) is 5.79. The number of unbranched alkanes of at least 4 members (excludes halogenated alkanes) is 1. The molecule has 3 heterocycles. The van der Waals surface area contributed by atoms with Gasteiger partial charge in [-0.05, 0) is 37.5 Å². The zero-order valence-electron chi connectivity index (χ0n) is 16.9. The Morgan fingerprint density at radius 2 is 1.93 bits per heavy atom. The van der Waals surface area contributed by atoms with Gasteiger partial charge in [-0.2, -0.15) is 0 Å². The summed E-state index contributed by atoms with van der Waals surface area (Å²) in [7, 11) is 1.70. The molecule has 3 aliphatic heterocycles. The van der Waals surface area contributed by atoms with E-state index >= 15 is 0 Å². The summed E-state index contributed by atoms with van der Waals surface area (Å²) >= 11 is 0. The molecule has 7 heteroatoms. The molecule has 3 amide bonds. The number of aryl methyl sites for hydroxylation is 1. The lowest BCUT2D eigenvalue weighted by atomic mass is 10.1. The number of hydrogen-bond donors (Lipinski definition) is 0. The number of amides is 3. The number of guanidine groups is 1. The summed E-state index contributed by atoms with van der Waals surface area (Å²) < 4.78 is 2.05. The number of anilines is 1. The number of nitrogens with zero attached hydrogens (tertiary/aromatic N) is 5. The lowest BCUT2D eigenvalue weighted by Gasteiger charge is -2.34. The molecule has 0 bridgehead atoms. The van der Waals surface area contributed by atoms with E-state index in [9.17, 15) is 9.59 Å². The van der Waals surface area contributed by atoms with Crippen molar-refractivity contribution in [1.29, 1.82) is 0 Å². The van der Waals surface area contributed by atoms with E-state index < -0.39 is 6.04 Å². The Morgan fingerprint density at radius 1 is 1.18 bits per heavy atom. The quantitative estimate of drug-likeness (QED) is 0.735. The molecule has 0 aromatic heterocycles. The number of urea groups is 1. The van der Waals surface area contributed by atoms with Gasteiger partial charge in [0.05, 0.1) is 13.1 Å². The zero-order valence-corrected chi connectivity index (χ0v) is 16.9. The van der Waals surface area contributed by atoms with Crippen LogP contribution in [0.2, 0.25) is 0 Å². The van der Waals surface area contributed by atoms with Crippen molar-refractivity contribution in [3.05, 3.63) is 29.8 Å². The SMILES string of the molecule is CCCCc1ccc(N2CCC[N+]3=C2N=C2C3C(=O)N(CC)C(=O)N2C)cc1. The van der Waals surface area contributed by atoms with E-state index in [0.29, 0.717) is 12.4 Å². The van der Waals surface area contributed by atoms with E-state index in [0.717, 1.165) is 37.6 Å². The van der Waals surface area contributed by atoms with E-state index in [4.69, 9.17) is 4.99 Å². The molecule has 0 radical (unpaired) electrons. The Hall–Kier alpha value is -2.70. The summed E-state index contributed by atoms with van der Waals surface area (Å²) in [4.78, 5) is 35.2. The van der Waals surface area contributed by atoms with Crippen LogP contribution in [0.3, 0.4) is 0 Å². The standard InChI is InChI=1S/C21H28N5O2/c1-4-6-8-15-9-11-16(12-10-15)25-13-7-14-26-17-18(22-20(25)26)23(3)21(28)24(5-2)19(17)27/h9-12,17H,4-8,13-14H2,1-3H3/q+1. The van der Waals surface area contributed by atoms with Crippen LogP contribution in [-0.4, -0.2) is 70.8 Å². The predicted octanol–water partition coefficient (Wildman–Crippen LogP) is 2.30. The van der Waals surface area contributed by atoms with Crippen molar-refractivity contribution in [1.82, 2.24) is 9.80 Å². The molecule has 1 atom stereocenters. The molecular weight excluding hydrogens is 354 g/mol. The van der Waals surface area contributed by atoms with E-state index in [1.165, 1.54) is 28.2 Å². The summed E-state index contributed by atoms with van der Waals surface area (Å²) in [5.41, 5.74) is 2.42. The average Bonchev–Trinajstić information content (AvgIpc) is 3.11. The van der Waals surface area contributed by atoms with Crippen LogP contribution in [0.25, 0.3) is 0 Å². The van der Waals surface area contributed by atoms with Crippen molar-refractivity contribution >= 4 is 29.4 Å². The van der Waals surface area contributed by atoms with Crippen molar-refractivity contribution < 1.29 is 14.2 Å². The summed E-state index contributed by atoms with van der Waals surface area (Å²) in [6.45, 7) is 6.02. The Kier molecular flexibility index (Phi) is 4.91. The van der Waals surface area contributed by atoms with Gasteiger partial charge in [0.25, 0.3) is 5.91 Å². The molecule has 0 spiro atoms. The Balaban J connectivity index is 1.67. The molecule has 0 saturated carbocycles. The van der Waals surface area contributed by atoms with Gasteiger partial charge in [-0.1, -0.05) is 30.5 Å². The number of carbonyl (C=O) groups excluding carboxylic acids is 2. The number of hydrogen-bond acceptors (Lipinski definition) is 4. The van der Waals surface area contributed by atoms with Crippen LogP contribution in [0.5, 0.6) is 0 Å². The number of aliphatic imine (C=N–C) groups is 1. The summed E-state index contributed by atoms with van der Waals surface area (Å²) in [6, 6.07) is 7.84. The molecule has 1 aromatic carbocycles. The first kappa shape index (κ1) is 18.7. The summed E-state index contributed by atoms with van der Waals surface area (Å²) in [5, 5.41) is 0. The van der Waals surface area contributed by atoms with E-state index in [1.807, 2.05) is 6.92 Å². The number of benzene rings is 1. The Morgan fingerprint density at radius 3 is 2.61 bits per heavy atom. The molecule has 1 saturated heterocycles. The third-order valence-corrected chi connectivity index (χ3v) is 5.79. The van der Waals surface area contributed by atoms with Crippen LogP contribution in [0.4, 0.5) is 10.5 Å². The number of likely N-dealkylation sites (N-methyl/N-ethyl adjacent to an activating group) is 2. The van der Waals surface area contributed by atoms with Gasteiger partial charge in [0.15, 0.2) is 0 Å². The van der Waals surface area contributed by atoms with E-state index in [2.05, 4.69) is 40.7 Å². The Labute approximate surface area is 165 Å². The first-order valence-electron chi connectivity index (χ1n) is 10.2. The number of imide groups is 1. The first-order valence-corrected chi connectivity index (χ1v) is 10.2. The normalized spacial score (nSPS) is 21.9. The van der Waals surface area contributed by atoms with Gasteiger partial charge in [-0.3, -0.25) is 14.6 Å². The van der Waals surface area contributed by atoms with Crippen molar-refractivity contribution in [2.75, 3.05) is 31.6 Å². The van der Waals surface area contributed by atoms with Crippen LogP contribution in [-0.2, 0) is 11.2 Å². The smallest absolute Gasteiger partial charge is 0.270 e. The summed E-state index contributed by atoms with van der Waals surface area (Å²) in [6.07, 6.45) is 4.42. The molecule has 0 N–H and O–H groups in total. The number of fused-ring (bicyclic) bond motifs is 2. The van der Waals surface area contributed by atoms with Gasteiger partial charge >= 0.3 is 12.0 Å². The minimum absolute atomic E-state index is 0.170. The molecule has 7 nitrogen and oxygen atoms in total. The highest BCUT2D eigenvalue weighted by atomic mass is 16.2.